The minimum absolute atomic E-state index is 0.00170. The number of carbonyl (C=O) groups excluding carboxylic acids is 2. The SMILES string of the molecule is CCC(C)C(NC(=O)OC(C)(C)C)C(=O)N1CCc2cc3c(cc2C1)OCO3. The predicted octanol–water partition coefficient (Wildman–Crippen LogP) is 3.24. The van der Waals surface area contributed by atoms with E-state index in [9.17, 15) is 9.59 Å². The third-order valence-electron chi connectivity index (χ3n) is 5.17. The number of hydrogen-bond acceptors (Lipinski definition) is 5. The monoisotopic (exact) mass is 390 g/mol. The normalized spacial score (nSPS) is 17.5. The highest BCUT2D eigenvalue weighted by Gasteiger charge is 2.33. The van der Waals surface area contributed by atoms with Gasteiger partial charge in [0.15, 0.2) is 11.5 Å². The molecule has 7 heteroatoms. The third kappa shape index (κ3) is 4.51. The molecule has 2 amide bonds. The molecule has 1 aromatic carbocycles. The Morgan fingerprint density at radius 1 is 1.21 bits per heavy atom. The lowest BCUT2D eigenvalue weighted by Crippen LogP contribution is -2.53. The molecule has 0 aliphatic carbocycles. The Kier molecular flexibility index (Phi) is 5.72. The molecule has 0 saturated carbocycles. The van der Waals surface area contributed by atoms with Crippen molar-refractivity contribution in [2.75, 3.05) is 13.3 Å². The number of carbonyl (C=O) groups is 2. The van der Waals surface area contributed by atoms with Crippen molar-refractivity contribution in [2.45, 2.75) is 65.6 Å². The molecule has 154 valence electrons. The fourth-order valence-electron chi connectivity index (χ4n) is 3.45. The number of hydrogen-bond donors (Lipinski definition) is 1. The van der Waals surface area contributed by atoms with Gasteiger partial charge in [-0.15, -0.1) is 0 Å². The summed E-state index contributed by atoms with van der Waals surface area (Å²) in [7, 11) is 0. The van der Waals surface area contributed by atoms with Crippen molar-refractivity contribution in [1.29, 1.82) is 0 Å². The van der Waals surface area contributed by atoms with E-state index in [2.05, 4.69) is 5.32 Å². The molecular formula is C21H30N2O5. The molecule has 28 heavy (non-hydrogen) atoms. The van der Waals surface area contributed by atoms with E-state index in [1.54, 1.807) is 25.7 Å². The maximum absolute atomic E-state index is 13.2. The molecule has 7 nitrogen and oxygen atoms in total. The van der Waals surface area contributed by atoms with E-state index in [1.807, 2.05) is 26.0 Å². The Hall–Kier alpha value is -2.44. The quantitative estimate of drug-likeness (QED) is 0.854. The number of nitrogens with one attached hydrogen (secondary N) is 1. The number of ether oxygens (including phenoxy) is 3. The fourth-order valence-corrected chi connectivity index (χ4v) is 3.45. The summed E-state index contributed by atoms with van der Waals surface area (Å²) in [6.07, 6.45) is 0.958. The molecule has 1 N–H and O–H groups in total. The van der Waals surface area contributed by atoms with Crippen LogP contribution >= 0.6 is 0 Å². The fraction of sp³-hybridized carbons (Fsp3) is 0.619. The van der Waals surface area contributed by atoms with Gasteiger partial charge in [0.05, 0.1) is 0 Å². The predicted molar refractivity (Wildman–Crippen MR) is 104 cm³/mol. The second-order valence-corrected chi connectivity index (χ2v) is 8.49. The van der Waals surface area contributed by atoms with Crippen LogP contribution in [0.2, 0.25) is 0 Å². The zero-order valence-electron chi connectivity index (χ0n) is 17.3. The van der Waals surface area contributed by atoms with Crippen molar-refractivity contribution < 1.29 is 23.8 Å². The molecule has 0 spiro atoms. The Labute approximate surface area is 166 Å². The van der Waals surface area contributed by atoms with E-state index >= 15 is 0 Å². The van der Waals surface area contributed by atoms with Gasteiger partial charge < -0.3 is 24.4 Å². The van der Waals surface area contributed by atoms with Crippen molar-refractivity contribution in [2.24, 2.45) is 5.92 Å². The van der Waals surface area contributed by atoms with Crippen molar-refractivity contribution in [3.05, 3.63) is 23.3 Å². The van der Waals surface area contributed by atoms with Crippen LogP contribution in [0.15, 0.2) is 12.1 Å². The summed E-state index contributed by atoms with van der Waals surface area (Å²) in [6.45, 7) is 10.7. The summed E-state index contributed by atoms with van der Waals surface area (Å²) in [6, 6.07) is 3.34. The summed E-state index contributed by atoms with van der Waals surface area (Å²) in [5.41, 5.74) is 1.62. The first kappa shape index (κ1) is 20.3. The van der Waals surface area contributed by atoms with Gasteiger partial charge in [0.1, 0.15) is 11.6 Å². The van der Waals surface area contributed by atoms with E-state index in [-0.39, 0.29) is 18.6 Å². The van der Waals surface area contributed by atoms with Gasteiger partial charge in [0.2, 0.25) is 12.7 Å². The molecule has 0 saturated heterocycles. The van der Waals surface area contributed by atoms with Crippen LogP contribution < -0.4 is 14.8 Å². The van der Waals surface area contributed by atoms with Crippen LogP contribution in [0, 0.1) is 5.92 Å². The molecule has 1 aromatic rings. The molecule has 2 unspecified atom stereocenters. The number of amides is 2. The maximum Gasteiger partial charge on any atom is 0.408 e. The number of rotatable bonds is 4. The molecule has 2 heterocycles. The minimum atomic E-state index is -0.615. The average Bonchev–Trinajstić information content (AvgIpc) is 3.08. The topological polar surface area (TPSA) is 77.1 Å². The zero-order chi connectivity index (χ0) is 20.5. The highest BCUT2D eigenvalue weighted by Crippen LogP contribution is 2.36. The molecule has 2 atom stereocenters. The second kappa shape index (κ2) is 7.89. The lowest BCUT2D eigenvalue weighted by Gasteiger charge is -2.34. The zero-order valence-corrected chi connectivity index (χ0v) is 17.3. The third-order valence-corrected chi connectivity index (χ3v) is 5.17. The Bertz CT molecular complexity index is 756. The molecule has 2 aliphatic rings. The van der Waals surface area contributed by atoms with Crippen molar-refractivity contribution in [3.8, 4) is 11.5 Å². The number of benzene rings is 1. The van der Waals surface area contributed by atoms with E-state index in [4.69, 9.17) is 14.2 Å². The van der Waals surface area contributed by atoms with Crippen LogP contribution in [0.5, 0.6) is 11.5 Å². The van der Waals surface area contributed by atoms with Gasteiger partial charge in [-0.3, -0.25) is 4.79 Å². The van der Waals surface area contributed by atoms with Gasteiger partial charge in [0.25, 0.3) is 0 Å². The summed E-state index contributed by atoms with van der Waals surface area (Å²) < 4.78 is 16.3. The Morgan fingerprint density at radius 2 is 1.86 bits per heavy atom. The second-order valence-electron chi connectivity index (χ2n) is 8.49. The molecule has 0 radical (unpaired) electrons. The Balaban J connectivity index is 1.73. The standard InChI is InChI=1S/C21H30N2O5/c1-6-13(2)18(22-20(25)28-21(3,4)5)19(24)23-8-7-14-9-16-17(27-12-26-16)10-15(14)11-23/h9-10,13,18H,6-8,11-12H2,1-5H3,(H,22,25). The highest BCUT2D eigenvalue weighted by atomic mass is 16.7. The van der Waals surface area contributed by atoms with Crippen molar-refractivity contribution >= 4 is 12.0 Å². The van der Waals surface area contributed by atoms with E-state index < -0.39 is 17.7 Å². The molecule has 0 fully saturated rings. The van der Waals surface area contributed by atoms with Crippen LogP contribution in [0.4, 0.5) is 4.79 Å². The Morgan fingerprint density at radius 3 is 2.46 bits per heavy atom. The van der Waals surface area contributed by atoms with Gasteiger partial charge in [-0.25, -0.2) is 4.79 Å². The van der Waals surface area contributed by atoms with Crippen LogP contribution in [-0.2, 0) is 22.5 Å². The molecule has 2 aliphatic heterocycles. The van der Waals surface area contributed by atoms with Crippen LogP contribution in [0.3, 0.4) is 0 Å². The van der Waals surface area contributed by atoms with Crippen molar-refractivity contribution in [1.82, 2.24) is 10.2 Å². The first-order chi connectivity index (χ1) is 13.2. The summed E-state index contributed by atoms with van der Waals surface area (Å²) in [4.78, 5) is 27.3. The van der Waals surface area contributed by atoms with E-state index in [0.29, 0.717) is 13.1 Å². The van der Waals surface area contributed by atoms with Gasteiger partial charge in [-0.1, -0.05) is 20.3 Å². The van der Waals surface area contributed by atoms with Crippen molar-refractivity contribution in [3.63, 3.8) is 0 Å². The van der Waals surface area contributed by atoms with Gasteiger partial charge in [0, 0.05) is 13.1 Å². The molecule has 3 rings (SSSR count). The molecular weight excluding hydrogens is 360 g/mol. The summed E-state index contributed by atoms with van der Waals surface area (Å²) in [5.74, 6) is 1.41. The first-order valence-corrected chi connectivity index (χ1v) is 9.87. The lowest BCUT2D eigenvalue weighted by atomic mass is 9.94. The van der Waals surface area contributed by atoms with Gasteiger partial charge in [-0.05, 0) is 56.4 Å². The largest absolute Gasteiger partial charge is 0.454 e. The average molecular weight is 390 g/mol. The summed E-state index contributed by atoms with van der Waals surface area (Å²) >= 11 is 0. The van der Waals surface area contributed by atoms with Crippen LogP contribution in [0.25, 0.3) is 0 Å². The van der Waals surface area contributed by atoms with Crippen LogP contribution in [0.1, 0.15) is 52.2 Å². The number of fused-ring (bicyclic) bond motifs is 2. The van der Waals surface area contributed by atoms with Crippen LogP contribution in [-0.4, -0.2) is 41.9 Å². The van der Waals surface area contributed by atoms with Gasteiger partial charge >= 0.3 is 6.09 Å². The molecule has 0 bridgehead atoms. The number of nitrogens with zero attached hydrogens (tertiary/aromatic N) is 1. The minimum Gasteiger partial charge on any atom is -0.454 e. The molecule has 0 aromatic heterocycles. The maximum atomic E-state index is 13.2. The number of alkyl carbamates (subject to hydrolysis) is 1. The lowest BCUT2D eigenvalue weighted by molar-refractivity contribution is -0.135. The smallest absolute Gasteiger partial charge is 0.408 e. The van der Waals surface area contributed by atoms with Gasteiger partial charge in [-0.2, -0.15) is 0 Å². The van der Waals surface area contributed by atoms with E-state index in [0.717, 1.165) is 29.9 Å². The highest BCUT2D eigenvalue weighted by molar-refractivity contribution is 5.86. The summed E-state index contributed by atoms with van der Waals surface area (Å²) in [5, 5.41) is 2.79. The first-order valence-electron chi connectivity index (χ1n) is 9.87. The van der Waals surface area contributed by atoms with E-state index in [1.165, 1.54) is 5.56 Å².